The van der Waals surface area contributed by atoms with Crippen molar-refractivity contribution in [2.45, 2.75) is 12.7 Å². The summed E-state index contributed by atoms with van der Waals surface area (Å²) in [6.45, 7) is 0.0246. The molecule has 0 atom stereocenters. The smallest absolute Gasteiger partial charge is 0.416 e. The van der Waals surface area contributed by atoms with E-state index < -0.39 is 38.8 Å². The molecule has 1 amide bonds. The van der Waals surface area contributed by atoms with E-state index in [0.717, 1.165) is 0 Å². The number of fused-ring (bicyclic) bond motifs is 1. The van der Waals surface area contributed by atoms with E-state index in [4.69, 9.17) is 0 Å². The van der Waals surface area contributed by atoms with E-state index >= 15 is 0 Å². The molecule has 140 valence electrons. The number of halogens is 3. The minimum atomic E-state index is -4.88. The molecule has 2 aromatic heterocycles. The molecule has 3 aromatic rings. The number of aromatic nitrogens is 2. The Balaban J connectivity index is 2.02. The summed E-state index contributed by atoms with van der Waals surface area (Å²) >= 11 is 0.455. The number of carbonyl (C=O) groups excluding carboxylic acids is 1. The van der Waals surface area contributed by atoms with Gasteiger partial charge in [0.05, 0.1) is 10.5 Å². The predicted octanol–water partition coefficient (Wildman–Crippen LogP) is 2.79. The van der Waals surface area contributed by atoms with Crippen molar-refractivity contribution in [3.63, 3.8) is 0 Å². The topological polar surface area (TPSA) is 112 Å². The number of rotatable bonds is 4. The highest BCUT2D eigenvalue weighted by Gasteiger charge is 2.37. The summed E-state index contributed by atoms with van der Waals surface area (Å²) in [4.78, 5) is 26.2. The Hall–Kier alpha value is -3.28. The summed E-state index contributed by atoms with van der Waals surface area (Å²) in [5.74, 6) is -0.863. The Morgan fingerprint density at radius 2 is 2.11 bits per heavy atom. The number of amides is 1. The molecule has 0 aliphatic rings. The highest BCUT2D eigenvalue weighted by molar-refractivity contribution is 7.20. The van der Waals surface area contributed by atoms with Crippen LogP contribution in [0.3, 0.4) is 0 Å². The van der Waals surface area contributed by atoms with Gasteiger partial charge in [0.1, 0.15) is 0 Å². The van der Waals surface area contributed by atoms with Crippen LogP contribution in [-0.4, -0.2) is 15.8 Å². The predicted molar refractivity (Wildman–Crippen MR) is 87.8 cm³/mol. The minimum Gasteiger partial charge on any atom is -0.617 e. The summed E-state index contributed by atoms with van der Waals surface area (Å²) < 4.78 is 38.5. The average Bonchev–Trinajstić information content (AvgIpc) is 2.96. The lowest BCUT2D eigenvalue weighted by Crippen LogP contribution is -2.37. The van der Waals surface area contributed by atoms with Crippen LogP contribution in [0, 0.1) is 15.3 Å². The van der Waals surface area contributed by atoms with Crippen LogP contribution in [0.25, 0.3) is 10.2 Å². The number of hydrogen-bond acceptors (Lipinski definition) is 6. The maximum atomic E-state index is 12.9. The van der Waals surface area contributed by atoms with Crippen LogP contribution >= 0.6 is 11.3 Å². The molecule has 0 aliphatic carbocycles. The molecule has 0 unspecified atom stereocenters. The number of hydrogen-bond donors (Lipinski definition) is 1. The third-order valence-corrected chi connectivity index (χ3v) is 4.71. The number of benzene rings is 1. The van der Waals surface area contributed by atoms with E-state index in [1.807, 2.05) is 0 Å². The third-order valence-electron chi connectivity index (χ3n) is 3.55. The van der Waals surface area contributed by atoms with Gasteiger partial charge in [-0.3, -0.25) is 19.9 Å². The molecule has 0 aliphatic heterocycles. The maximum absolute atomic E-state index is 12.9. The Morgan fingerprint density at radius 3 is 2.70 bits per heavy atom. The van der Waals surface area contributed by atoms with Crippen LogP contribution in [0.4, 0.5) is 18.9 Å². The molecule has 1 N–H and O–H groups in total. The van der Waals surface area contributed by atoms with Gasteiger partial charge in [0.25, 0.3) is 5.69 Å². The fourth-order valence-electron chi connectivity index (χ4n) is 2.30. The average molecular weight is 398 g/mol. The van der Waals surface area contributed by atoms with Gasteiger partial charge in [0.15, 0.2) is 4.70 Å². The first-order valence-electron chi connectivity index (χ1n) is 7.27. The van der Waals surface area contributed by atoms with Gasteiger partial charge < -0.3 is 10.5 Å². The van der Waals surface area contributed by atoms with E-state index in [0.29, 0.717) is 29.0 Å². The monoisotopic (exact) mass is 398 g/mol. The molecular formula is C15H9F3N4O4S. The number of thiazole rings is 1. The molecule has 2 heterocycles. The van der Waals surface area contributed by atoms with Gasteiger partial charge in [-0.05, 0) is 23.0 Å². The van der Waals surface area contributed by atoms with Crippen molar-refractivity contribution in [2.24, 2.45) is 0 Å². The molecule has 0 radical (unpaired) electrons. The molecule has 0 bridgehead atoms. The van der Waals surface area contributed by atoms with Crippen molar-refractivity contribution in [2.75, 3.05) is 0 Å². The number of nitro benzene ring substituents is 1. The number of alkyl halides is 3. The zero-order valence-electron chi connectivity index (χ0n) is 13.2. The van der Waals surface area contributed by atoms with E-state index in [1.54, 1.807) is 12.1 Å². The second-order valence-electron chi connectivity index (χ2n) is 5.34. The van der Waals surface area contributed by atoms with Crippen molar-refractivity contribution in [3.8, 4) is 0 Å². The molecular weight excluding hydrogens is 389 g/mol. The van der Waals surface area contributed by atoms with Gasteiger partial charge in [-0.2, -0.15) is 13.2 Å². The molecule has 1 aromatic carbocycles. The van der Waals surface area contributed by atoms with Crippen LogP contribution in [0.2, 0.25) is 0 Å². The Morgan fingerprint density at radius 1 is 1.37 bits per heavy atom. The third kappa shape index (κ3) is 3.65. The van der Waals surface area contributed by atoms with E-state index in [9.17, 15) is 33.3 Å². The second kappa shape index (κ2) is 6.79. The van der Waals surface area contributed by atoms with Crippen molar-refractivity contribution in [3.05, 3.63) is 68.1 Å². The number of nitrogens with zero attached hydrogens (tertiary/aromatic N) is 3. The van der Waals surface area contributed by atoms with E-state index in [2.05, 4.69) is 10.3 Å². The van der Waals surface area contributed by atoms with Crippen LogP contribution in [-0.2, 0) is 12.7 Å². The Kier molecular flexibility index (Phi) is 4.66. The second-order valence-corrected chi connectivity index (χ2v) is 6.34. The largest absolute Gasteiger partial charge is 0.617 e. The first-order chi connectivity index (χ1) is 12.7. The minimum absolute atomic E-state index is 0.0246. The lowest BCUT2D eigenvalue weighted by molar-refractivity contribution is -0.574. The summed E-state index contributed by atoms with van der Waals surface area (Å²) in [5, 5.41) is 25.3. The summed E-state index contributed by atoms with van der Waals surface area (Å²) in [7, 11) is 0. The van der Waals surface area contributed by atoms with Crippen molar-refractivity contribution in [1.29, 1.82) is 0 Å². The quantitative estimate of drug-likeness (QED) is 0.314. The molecule has 0 spiro atoms. The van der Waals surface area contributed by atoms with E-state index in [1.165, 1.54) is 12.4 Å². The van der Waals surface area contributed by atoms with Crippen LogP contribution in [0.5, 0.6) is 0 Å². The Labute approximate surface area is 152 Å². The first kappa shape index (κ1) is 18.5. The molecule has 12 heteroatoms. The molecule has 8 nitrogen and oxygen atoms in total. The number of nitro groups is 1. The van der Waals surface area contributed by atoms with Gasteiger partial charge in [-0.15, -0.1) is 4.73 Å². The molecule has 0 fully saturated rings. The molecule has 3 rings (SSSR count). The van der Waals surface area contributed by atoms with Crippen LogP contribution in [0.15, 0.2) is 36.7 Å². The van der Waals surface area contributed by atoms with Crippen molar-refractivity contribution < 1.29 is 27.6 Å². The first-order valence-corrected chi connectivity index (χ1v) is 8.09. The fraction of sp³-hybridized carbons (Fsp3) is 0.133. The number of nitrogens with one attached hydrogen (secondary N) is 1. The molecule has 0 saturated carbocycles. The van der Waals surface area contributed by atoms with E-state index in [-0.39, 0.29) is 16.0 Å². The zero-order valence-corrected chi connectivity index (χ0v) is 14.0. The summed E-state index contributed by atoms with van der Waals surface area (Å²) in [6.07, 6.45) is -1.87. The highest BCUT2D eigenvalue weighted by atomic mass is 32.1. The highest BCUT2D eigenvalue weighted by Crippen LogP contribution is 2.37. The normalized spacial score (nSPS) is 11.5. The maximum Gasteiger partial charge on any atom is 0.416 e. The SMILES string of the molecule is O=C(NCc1cccnc1)c1sc2c([N+](=O)[O-])cc(C(F)(F)F)cc2[n+]1[O-]. The van der Waals surface area contributed by atoms with Gasteiger partial charge in [0, 0.05) is 31.1 Å². The van der Waals surface area contributed by atoms with Gasteiger partial charge in [0.2, 0.25) is 5.52 Å². The van der Waals surface area contributed by atoms with Crippen molar-refractivity contribution >= 4 is 33.1 Å². The lowest BCUT2D eigenvalue weighted by Gasteiger charge is -2.06. The van der Waals surface area contributed by atoms with Gasteiger partial charge in [-0.1, -0.05) is 6.07 Å². The lowest BCUT2D eigenvalue weighted by atomic mass is 10.2. The molecule has 0 saturated heterocycles. The number of carbonyl (C=O) groups is 1. The number of pyridine rings is 1. The summed E-state index contributed by atoms with van der Waals surface area (Å²) in [6, 6.07) is 4.14. The fourth-order valence-corrected chi connectivity index (χ4v) is 3.32. The summed E-state index contributed by atoms with van der Waals surface area (Å²) in [5.41, 5.74) is -2.19. The van der Waals surface area contributed by atoms with Crippen molar-refractivity contribution in [1.82, 2.24) is 10.3 Å². The van der Waals surface area contributed by atoms with Gasteiger partial charge in [-0.25, -0.2) is 0 Å². The number of non-ortho nitro benzene ring substituents is 1. The Bertz CT molecular complexity index is 1040. The van der Waals surface area contributed by atoms with Crippen LogP contribution < -0.4 is 10.0 Å². The van der Waals surface area contributed by atoms with Crippen LogP contribution in [0.1, 0.15) is 20.9 Å². The zero-order chi connectivity index (χ0) is 19.8. The standard InChI is InChI=1S/C15H9F3N4O4S/c16-15(17,18)9-4-10-12(11(5-9)22(25)26)27-14(21(10)24)13(23)20-7-8-2-1-3-19-6-8/h1-6H,7H2,(H,20,23). The molecule has 27 heavy (non-hydrogen) atoms. The van der Waals surface area contributed by atoms with Gasteiger partial charge >= 0.3 is 17.1 Å².